The standard InChI is InChI=1S/C21H20N2O5/c1-11(20(25)27-3)13-9-16-18-14(12-7-5-6-8-15(12)22(18)2)10-17(21(26)28-4)23(16)19(13)24/h5-9,17H,10H2,1-4H3/b13-11+. The molecule has 144 valence electrons. The van der Waals surface area contributed by atoms with Gasteiger partial charge in [0.05, 0.1) is 31.2 Å². The lowest BCUT2D eigenvalue weighted by Crippen LogP contribution is -2.46. The molecule has 0 spiro atoms. The van der Waals surface area contributed by atoms with E-state index in [0.29, 0.717) is 12.1 Å². The molecule has 1 amide bonds. The summed E-state index contributed by atoms with van der Waals surface area (Å²) in [6.07, 6.45) is 2.01. The molecule has 28 heavy (non-hydrogen) atoms. The second kappa shape index (κ2) is 6.37. The Bertz CT molecular complexity index is 1110. The zero-order chi connectivity index (χ0) is 20.2. The summed E-state index contributed by atoms with van der Waals surface area (Å²) in [5.41, 5.74) is 3.89. The Hall–Kier alpha value is -3.35. The average Bonchev–Trinajstić information content (AvgIpc) is 3.21. The summed E-state index contributed by atoms with van der Waals surface area (Å²) in [5, 5.41) is 1.03. The van der Waals surface area contributed by atoms with Crippen molar-refractivity contribution >= 4 is 34.4 Å². The highest BCUT2D eigenvalue weighted by Gasteiger charge is 2.45. The van der Waals surface area contributed by atoms with Crippen LogP contribution >= 0.6 is 0 Å². The second-order valence-corrected chi connectivity index (χ2v) is 6.88. The second-order valence-electron chi connectivity index (χ2n) is 6.88. The van der Waals surface area contributed by atoms with Crippen LogP contribution in [-0.4, -0.2) is 47.6 Å². The van der Waals surface area contributed by atoms with Crippen molar-refractivity contribution in [2.45, 2.75) is 19.4 Å². The van der Waals surface area contributed by atoms with Crippen LogP contribution in [0, 0.1) is 0 Å². The fraction of sp³-hybridized carbons (Fsp3) is 0.286. The van der Waals surface area contributed by atoms with Gasteiger partial charge in [-0.05, 0) is 24.6 Å². The van der Waals surface area contributed by atoms with Gasteiger partial charge in [-0.15, -0.1) is 0 Å². The van der Waals surface area contributed by atoms with Gasteiger partial charge in [-0.1, -0.05) is 18.2 Å². The van der Waals surface area contributed by atoms with Crippen LogP contribution in [0.25, 0.3) is 16.6 Å². The van der Waals surface area contributed by atoms with Crippen molar-refractivity contribution in [3.8, 4) is 0 Å². The number of hydrogen-bond donors (Lipinski definition) is 0. The van der Waals surface area contributed by atoms with Crippen molar-refractivity contribution < 1.29 is 23.9 Å². The van der Waals surface area contributed by atoms with Gasteiger partial charge in [-0.2, -0.15) is 0 Å². The molecule has 2 aliphatic rings. The minimum Gasteiger partial charge on any atom is -0.467 e. The largest absolute Gasteiger partial charge is 0.467 e. The van der Waals surface area contributed by atoms with Crippen LogP contribution in [0.1, 0.15) is 18.2 Å². The molecule has 2 aromatic rings. The van der Waals surface area contributed by atoms with E-state index in [1.54, 1.807) is 13.0 Å². The summed E-state index contributed by atoms with van der Waals surface area (Å²) in [6, 6.07) is 7.11. The van der Waals surface area contributed by atoms with Crippen LogP contribution in [0.3, 0.4) is 0 Å². The molecule has 3 heterocycles. The van der Waals surface area contributed by atoms with E-state index in [9.17, 15) is 14.4 Å². The minimum absolute atomic E-state index is 0.207. The lowest BCUT2D eigenvalue weighted by molar-refractivity contribution is -0.149. The fourth-order valence-corrected chi connectivity index (χ4v) is 4.14. The third-order valence-corrected chi connectivity index (χ3v) is 5.52. The maximum atomic E-state index is 13.2. The summed E-state index contributed by atoms with van der Waals surface area (Å²) in [5.74, 6) is -1.47. The van der Waals surface area contributed by atoms with Crippen LogP contribution < -0.4 is 0 Å². The van der Waals surface area contributed by atoms with E-state index in [0.717, 1.165) is 22.2 Å². The van der Waals surface area contributed by atoms with E-state index in [4.69, 9.17) is 9.47 Å². The molecule has 7 heteroatoms. The van der Waals surface area contributed by atoms with Crippen molar-refractivity contribution in [3.63, 3.8) is 0 Å². The molecular weight excluding hydrogens is 360 g/mol. The number of esters is 2. The minimum atomic E-state index is -0.787. The number of aromatic nitrogens is 1. The fourth-order valence-electron chi connectivity index (χ4n) is 4.14. The molecule has 0 aliphatic carbocycles. The van der Waals surface area contributed by atoms with Gasteiger partial charge in [-0.25, -0.2) is 9.59 Å². The van der Waals surface area contributed by atoms with Crippen molar-refractivity contribution in [2.75, 3.05) is 14.2 Å². The third-order valence-electron chi connectivity index (χ3n) is 5.52. The van der Waals surface area contributed by atoms with E-state index in [-0.39, 0.29) is 11.1 Å². The molecule has 0 saturated carbocycles. The van der Waals surface area contributed by atoms with E-state index >= 15 is 0 Å². The summed E-state index contributed by atoms with van der Waals surface area (Å²) in [7, 11) is 4.50. The number of amides is 1. The van der Waals surface area contributed by atoms with Crippen LogP contribution in [0.5, 0.6) is 0 Å². The smallest absolute Gasteiger partial charge is 0.334 e. The first kappa shape index (κ1) is 18.0. The predicted molar refractivity (Wildman–Crippen MR) is 102 cm³/mol. The van der Waals surface area contributed by atoms with Crippen LogP contribution in [0.4, 0.5) is 0 Å². The Balaban J connectivity index is 2.01. The molecule has 1 aromatic carbocycles. The number of ether oxygens (including phenoxy) is 2. The number of para-hydroxylation sites is 1. The normalized spacial score (nSPS) is 19.9. The molecule has 0 fully saturated rings. The van der Waals surface area contributed by atoms with Crippen molar-refractivity contribution in [1.82, 2.24) is 9.47 Å². The number of aryl methyl sites for hydroxylation is 1. The Kier molecular flexibility index (Phi) is 4.10. The first-order valence-corrected chi connectivity index (χ1v) is 8.89. The van der Waals surface area contributed by atoms with Crippen LogP contribution in [0.15, 0.2) is 41.5 Å². The lowest BCUT2D eigenvalue weighted by Gasteiger charge is -2.33. The SMILES string of the molecule is COC(=O)/C(C)=C1\C=C2c3c(c4ccccc4n3C)CC(C(=O)OC)N2C1=O. The van der Waals surface area contributed by atoms with Crippen LogP contribution in [0.2, 0.25) is 0 Å². The first-order valence-electron chi connectivity index (χ1n) is 8.89. The molecular formula is C21H20N2O5. The summed E-state index contributed by atoms with van der Waals surface area (Å²) in [6.45, 7) is 1.55. The Morgan fingerprint density at radius 3 is 2.54 bits per heavy atom. The highest BCUT2D eigenvalue weighted by atomic mass is 16.5. The van der Waals surface area contributed by atoms with Gasteiger partial charge in [0.25, 0.3) is 5.91 Å². The van der Waals surface area contributed by atoms with E-state index in [1.807, 2.05) is 35.9 Å². The van der Waals surface area contributed by atoms with Crippen LogP contribution in [-0.2, 0) is 37.3 Å². The molecule has 2 aliphatic heterocycles. The number of rotatable bonds is 2. The summed E-state index contributed by atoms with van der Waals surface area (Å²) < 4.78 is 11.8. The Morgan fingerprint density at radius 1 is 1.14 bits per heavy atom. The van der Waals surface area contributed by atoms with Gasteiger partial charge in [0.15, 0.2) is 0 Å². The van der Waals surface area contributed by atoms with Gasteiger partial charge in [0.1, 0.15) is 6.04 Å². The molecule has 0 bridgehead atoms. The number of benzene rings is 1. The summed E-state index contributed by atoms with van der Waals surface area (Å²) >= 11 is 0. The van der Waals surface area contributed by atoms with Gasteiger partial charge in [0, 0.05) is 29.9 Å². The number of fused-ring (bicyclic) bond motifs is 5. The monoisotopic (exact) mass is 380 g/mol. The maximum Gasteiger partial charge on any atom is 0.334 e. The molecule has 0 saturated heterocycles. The zero-order valence-corrected chi connectivity index (χ0v) is 16.1. The lowest BCUT2D eigenvalue weighted by atomic mass is 9.95. The van der Waals surface area contributed by atoms with Gasteiger partial charge in [0.2, 0.25) is 0 Å². The van der Waals surface area contributed by atoms with E-state index in [1.165, 1.54) is 19.1 Å². The van der Waals surface area contributed by atoms with Gasteiger partial charge in [-0.3, -0.25) is 9.69 Å². The Labute approximate surface area is 161 Å². The molecule has 0 N–H and O–H groups in total. The molecule has 7 nitrogen and oxygen atoms in total. The van der Waals surface area contributed by atoms with Crippen molar-refractivity contribution in [2.24, 2.45) is 7.05 Å². The zero-order valence-electron chi connectivity index (χ0n) is 16.1. The van der Waals surface area contributed by atoms with Gasteiger partial charge >= 0.3 is 11.9 Å². The molecule has 1 unspecified atom stereocenters. The first-order chi connectivity index (χ1) is 13.4. The summed E-state index contributed by atoms with van der Waals surface area (Å²) in [4.78, 5) is 39.1. The maximum absolute atomic E-state index is 13.2. The Morgan fingerprint density at radius 2 is 1.86 bits per heavy atom. The highest BCUT2D eigenvalue weighted by molar-refractivity contribution is 6.15. The topological polar surface area (TPSA) is 77.8 Å². The predicted octanol–water partition coefficient (Wildman–Crippen LogP) is 1.95. The number of hydrogen-bond acceptors (Lipinski definition) is 5. The average molecular weight is 380 g/mol. The molecule has 1 aromatic heterocycles. The molecule has 1 atom stereocenters. The number of carbonyl (C=O) groups is 3. The number of nitrogens with zero attached hydrogens (tertiary/aromatic N) is 2. The van der Waals surface area contributed by atoms with Crippen molar-refractivity contribution in [3.05, 3.63) is 52.7 Å². The molecule has 0 radical (unpaired) electrons. The quantitative estimate of drug-likeness (QED) is 0.588. The van der Waals surface area contributed by atoms with E-state index < -0.39 is 23.9 Å². The van der Waals surface area contributed by atoms with E-state index in [2.05, 4.69) is 0 Å². The third kappa shape index (κ3) is 2.32. The van der Waals surface area contributed by atoms with Gasteiger partial charge < -0.3 is 14.0 Å². The molecule has 4 rings (SSSR count). The van der Waals surface area contributed by atoms with Crippen molar-refractivity contribution in [1.29, 1.82) is 0 Å². The highest BCUT2D eigenvalue weighted by Crippen LogP contribution is 2.43. The number of methoxy groups -OCH3 is 2. The number of carbonyl (C=O) groups excluding carboxylic acids is 3.